The van der Waals surface area contributed by atoms with Crippen LogP contribution in [0, 0.1) is 6.92 Å². The van der Waals surface area contributed by atoms with E-state index in [1.165, 1.54) is 13.4 Å². The fraction of sp³-hybridized carbons (Fsp3) is 0.423. The van der Waals surface area contributed by atoms with Crippen LogP contribution in [0.15, 0.2) is 34.5 Å². The number of aryl methyl sites for hydroxylation is 1. The number of ether oxygens (including phenoxy) is 1. The third-order valence-corrected chi connectivity index (χ3v) is 7.37. The van der Waals surface area contributed by atoms with Gasteiger partial charge in [0.2, 0.25) is 5.88 Å². The van der Waals surface area contributed by atoms with Gasteiger partial charge in [0.15, 0.2) is 17.3 Å². The molecule has 40 heavy (non-hydrogen) atoms. The number of hydrogen-bond donors (Lipinski definition) is 1. The number of pyridine rings is 1. The summed E-state index contributed by atoms with van der Waals surface area (Å²) < 4.78 is 48.2. The standard InChI is InChI=1S/C26H27F3N8O2S/c1-5-40-17-9-6-15(10-30-17)11-31-22-25(38)37(14(3)26(27,28)29)23-19(35-22)13(2)34-21(36-23)18-20(16-7-8-16)32-12-33-24(18)39-4/h6,9-10,12,14,16H,5,7-8,11H2,1-4H3,(H,31,35)/t14-/m0/s1. The molecule has 4 aromatic heterocycles. The third kappa shape index (κ3) is 5.44. The molecule has 1 saturated carbocycles. The lowest BCUT2D eigenvalue weighted by Gasteiger charge is -2.22. The van der Waals surface area contributed by atoms with Crippen molar-refractivity contribution in [3.63, 3.8) is 0 Å². The number of rotatable bonds is 9. The summed E-state index contributed by atoms with van der Waals surface area (Å²) in [5, 5.41) is 3.74. The molecule has 1 aliphatic rings. The van der Waals surface area contributed by atoms with Gasteiger partial charge in [0.25, 0.3) is 5.56 Å². The predicted molar refractivity (Wildman–Crippen MR) is 145 cm³/mol. The van der Waals surface area contributed by atoms with Crippen molar-refractivity contribution >= 4 is 28.7 Å². The lowest BCUT2D eigenvalue weighted by molar-refractivity contribution is -0.162. The smallest absolute Gasteiger partial charge is 0.409 e. The van der Waals surface area contributed by atoms with E-state index in [4.69, 9.17) is 4.74 Å². The van der Waals surface area contributed by atoms with Crippen molar-refractivity contribution < 1.29 is 17.9 Å². The minimum Gasteiger partial charge on any atom is -0.480 e. The molecule has 10 nitrogen and oxygen atoms in total. The van der Waals surface area contributed by atoms with Gasteiger partial charge < -0.3 is 10.1 Å². The molecule has 0 radical (unpaired) electrons. The maximum absolute atomic E-state index is 14.1. The van der Waals surface area contributed by atoms with Crippen molar-refractivity contribution in [1.29, 1.82) is 0 Å². The predicted octanol–water partition coefficient (Wildman–Crippen LogP) is 5.08. The molecule has 0 saturated heterocycles. The molecule has 1 N–H and O–H groups in total. The quantitative estimate of drug-likeness (QED) is 0.272. The van der Waals surface area contributed by atoms with Crippen LogP contribution in [0.3, 0.4) is 0 Å². The first-order valence-electron chi connectivity index (χ1n) is 12.7. The Morgan fingerprint density at radius 1 is 1.18 bits per heavy atom. The number of nitrogens with one attached hydrogen (secondary N) is 1. The molecule has 0 aromatic carbocycles. The van der Waals surface area contributed by atoms with Gasteiger partial charge in [-0.15, -0.1) is 11.8 Å². The van der Waals surface area contributed by atoms with Crippen LogP contribution in [0.2, 0.25) is 0 Å². The van der Waals surface area contributed by atoms with Gasteiger partial charge in [0.1, 0.15) is 23.4 Å². The number of thioether (sulfide) groups is 1. The molecule has 1 atom stereocenters. The van der Waals surface area contributed by atoms with Gasteiger partial charge in [-0.3, -0.25) is 9.36 Å². The molecule has 14 heteroatoms. The van der Waals surface area contributed by atoms with E-state index in [0.717, 1.165) is 36.1 Å². The Morgan fingerprint density at radius 3 is 2.58 bits per heavy atom. The van der Waals surface area contributed by atoms with Crippen LogP contribution in [0.5, 0.6) is 5.88 Å². The first-order valence-corrected chi connectivity index (χ1v) is 13.7. The van der Waals surface area contributed by atoms with Gasteiger partial charge in [0, 0.05) is 18.7 Å². The number of anilines is 1. The van der Waals surface area contributed by atoms with E-state index in [2.05, 4.69) is 35.2 Å². The molecule has 4 aromatic rings. The molecule has 5 rings (SSSR count). The monoisotopic (exact) mass is 572 g/mol. The van der Waals surface area contributed by atoms with Crippen molar-refractivity contribution in [1.82, 2.24) is 34.5 Å². The zero-order chi connectivity index (χ0) is 28.6. The molecule has 1 fully saturated rings. The van der Waals surface area contributed by atoms with Gasteiger partial charge in [-0.05, 0) is 44.1 Å². The SMILES string of the molecule is CCSc1ccc(CNc2nc3c(C)nc(-c4c(OC)ncnc4C4CC4)nc3n([C@@H](C)C(F)(F)F)c2=O)cn1. The van der Waals surface area contributed by atoms with Gasteiger partial charge in [-0.1, -0.05) is 13.0 Å². The Bertz CT molecular complexity index is 1610. The van der Waals surface area contributed by atoms with Gasteiger partial charge in [0.05, 0.1) is 23.5 Å². The lowest BCUT2D eigenvalue weighted by Crippen LogP contribution is -2.35. The molecule has 0 amide bonds. The van der Waals surface area contributed by atoms with Crippen molar-refractivity contribution in [2.45, 2.75) is 63.3 Å². The van der Waals surface area contributed by atoms with E-state index < -0.39 is 17.8 Å². The number of nitrogens with zero attached hydrogens (tertiary/aromatic N) is 7. The number of hydrogen-bond acceptors (Lipinski definition) is 10. The maximum atomic E-state index is 14.1. The lowest BCUT2D eigenvalue weighted by atomic mass is 10.1. The summed E-state index contributed by atoms with van der Waals surface area (Å²) in [7, 11) is 1.43. The first kappa shape index (κ1) is 27.7. The fourth-order valence-corrected chi connectivity index (χ4v) is 4.89. The summed E-state index contributed by atoms with van der Waals surface area (Å²) in [5.74, 6) is 1.06. The number of aromatic nitrogens is 7. The van der Waals surface area contributed by atoms with E-state index in [0.29, 0.717) is 21.5 Å². The molecule has 0 aliphatic heterocycles. The van der Waals surface area contributed by atoms with E-state index in [-0.39, 0.29) is 41.1 Å². The Hall–Kier alpha value is -3.81. The van der Waals surface area contributed by atoms with E-state index >= 15 is 0 Å². The average Bonchev–Trinajstić information content (AvgIpc) is 3.77. The number of methoxy groups -OCH3 is 1. The molecule has 1 aliphatic carbocycles. The van der Waals surface area contributed by atoms with Crippen LogP contribution >= 0.6 is 11.8 Å². The summed E-state index contributed by atoms with van der Waals surface area (Å²) in [6.45, 7) is 4.68. The molecule has 4 heterocycles. The summed E-state index contributed by atoms with van der Waals surface area (Å²) in [6.07, 6.45) is 0.106. The van der Waals surface area contributed by atoms with Crippen LogP contribution in [0.4, 0.5) is 19.0 Å². The third-order valence-electron chi connectivity index (χ3n) is 6.55. The molecular formula is C26H27F3N8O2S. The minimum absolute atomic E-state index is 0.0681. The van der Waals surface area contributed by atoms with Crippen molar-refractivity contribution in [2.75, 3.05) is 18.2 Å². The fourth-order valence-electron chi connectivity index (χ4n) is 4.30. The van der Waals surface area contributed by atoms with E-state index in [1.807, 2.05) is 19.1 Å². The van der Waals surface area contributed by atoms with Crippen LogP contribution in [0.25, 0.3) is 22.6 Å². The summed E-state index contributed by atoms with van der Waals surface area (Å²) in [6, 6.07) is 1.50. The van der Waals surface area contributed by atoms with Crippen LogP contribution in [0.1, 0.15) is 55.6 Å². The molecule has 0 bridgehead atoms. The molecule has 0 spiro atoms. The van der Waals surface area contributed by atoms with E-state index in [1.54, 1.807) is 24.9 Å². The summed E-state index contributed by atoms with van der Waals surface area (Å²) in [5.41, 5.74) is 0.968. The first-order chi connectivity index (χ1) is 19.1. The molecular weight excluding hydrogens is 545 g/mol. The van der Waals surface area contributed by atoms with Crippen LogP contribution in [-0.2, 0) is 6.54 Å². The highest BCUT2D eigenvalue weighted by Crippen LogP contribution is 2.45. The highest BCUT2D eigenvalue weighted by Gasteiger charge is 2.40. The topological polar surface area (TPSA) is 121 Å². The average molecular weight is 573 g/mol. The van der Waals surface area contributed by atoms with Gasteiger partial charge in [-0.2, -0.15) is 13.2 Å². The van der Waals surface area contributed by atoms with Crippen molar-refractivity contribution in [3.05, 3.63) is 52.0 Å². The largest absolute Gasteiger partial charge is 0.480 e. The zero-order valence-electron chi connectivity index (χ0n) is 22.3. The van der Waals surface area contributed by atoms with Gasteiger partial charge >= 0.3 is 6.18 Å². The van der Waals surface area contributed by atoms with Crippen molar-refractivity contribution in [3.8, 4) is 17.3 Å². The maximum Gasteiger partial charge on any atom is 0.409 e. The Kier molecular flexibility index (Phi) is 7.62. The Balaban J connectivity index is 1.64. The summed E-state index contributed by atoms with van der Waals surface area (Å²) >= 11 is 1.59. The summed E-state index contributed by atoms with van der Waals surface area (Å²) in [4.78, 5) is 39.8. The zero-order valence-corrected chi connectivity index (χ0v) is 23.1. The highest BCUT2D eigenvalue weighted by molar-refractivity contribution is 7.99. The van der Waals surface area contributed by atoms with E-state index in [9.17, 15) is 18.0 Å². The number of halogens is 3. The second-order valence-electron chi connectivity index (χ2n) is 9.37. The normalized spacial score (nSPS) is 14.4. The van der Waals surface area contributed by atoms with Crippen molar-refractivity contribution in [2.24, 2.45) is 0 Å². The Labute approximate surface area is 231 Å². The Morgan fingerprint density at radius 2 is 1.95 bits per heavy atom. The van der Waals surface area contributed by atoms with Crippen LogP contribution < -0.4 is 15.6 Å². The van der Waals surface area contributed by atoms with Gasteiger partial charge in [-0.25, -0.2) is 29.9 Å². The number of alkyl halides is 3. The number of fused-ring (bicyclic) bond motifs is 1. The second-order valence-corrected chi connectivity index (χ2v) is 10.7. The highest BCUT2D eigenvalue weighted by atomic mass is 32.2. The second kappa shape index (κ2) is 11.0. The molecule has 0 unspecified atom stereocenters. The minimum atomic E-state index is -4.72. The van der Waals surface area contributed by atoms with Crippen LogP contribution in [-0.4, -0.2) is 53.5 Å². The molecule has 210 valence electrons.